The molecule has 1 amide bonds. The number of aromatic nitrogens is 3. The van der Waals surface area contributed by atoms with Gasteiger partial charge in [0.15, 0.2) is 11.0 Å². The standard InChI is InChI=1S/C25H21Cl2N5O2S/c1-16-3-9-20(10-4-16)32-24(17-6-11-21(34-2)12-7-17)30-31-25(32)35-15-23(33)29-28-14-18-5-8-19(26)13-22(18)27/h3-14H,15H2,1-2H3,(H,29,33). The number of hydrogen-bond donors (Lipinski definition) is 1. The fourth-order valence-electron chi connectivity index (χ4n) is 3.16. The SMILES string of the molecule is COc1ccc(-c2nnc(SCC(=O)NN=Cc3ccc(Cl)cc3Cl)n2-c2ccc(C)cc2)cc1. The molecule has 1 aromatic heterocycles. The first kappa shape index (κ1) is 24.8. The van der Waals surface area contributed by atoms with E-state index in [2.05, 4.69) is 20.7 Å². The highest BCUT2D eigenvalue weighted by molar-refractivity contribution is 7.99. The molecule has 0 atom stereocenters. The number of thioether (sulfide) groups is 1. The molecule has 0 saturated carbocycles. The molecule has 0 radical (unpaired) electrons. The minimum absolute atomic E-state index is 0.0955. The maximum Gasteiger partial charge on any atom is 0.250 e. The van der Waals surface area contributed by atoms with Crippen LogP contribution in [0.4, 0.5) is 0 Å². The van der Waals surface area contributed by atoms with E-state index in [9.17, 15) is 4.79 Å². The quantitative estimate of drug-likeness (QED) is 0.178. The Balaban J connectivity index is 1.51. The van der Waals surface area contributed by atoms with Crippen LogP contribution >= 0.6 is 35.0 Å². The number of ether oxygens (including phenoxy) is 1. The van der Waals surface area contributed by atoms with E-state index in [4.69, 9.17) is 27.9 Å². The molecule has 10 heteroatoms. The van der Waals surface area contributed by atoms with Gasteiger partial charge in [-0.25, -0.2) is 5.43 Å². The number of halogens is 2. The van der Waals surface area contributed by atoms with Crippen molar-refractivity contribution in [2.45, 2.75) is 12.1 Å². The summed E-state index contributed by atoms with van der Waals surface area (Å²) < 4.78 is 7.19. The second-order valence-corrected chi connectivity index (χ2v) is 9.24. The van der Waals surface area contributed by atoms with Gasteiger partial charge in [0.2, 0.25) is 0 Å². The lowest BCUT2D eigenvalue weighted by atomic mass is 10.2. The molecular weight excluding hydrogens is 505 g/mol. The van der Waals surface area contributed by atoms with Gasteiger partial charge in [-0.1, -0.05) is 58.7 Å². The van der Waals surface area contributed by atoms with Crippen LogP contribution in [0.15, 0.2) is 77.0 Å². The molecule has 1 heterocycles. The molecule has 0 aliphatic heterocycles. The average molecular weight is 526 g/mol. The van der Waals surface area contributed by atoms with Gasteiger partial charge in [0.1, 0.15) is 5.75 Å². The lowest BCUT2D eigenvalue weighted by molar-refractivity contribution is -0.118. The Labute approximate surface area is 217 Å². The van der Waals surface area contributed by atoms with E-state index in [1.807, 2.05) is 60.0 Å². The average Bonchev–Trinajstić information content (AvgIpc) is 3.28. The fraction of sp³-hybridized carbons (Fsp3) is 0.120. The Morgan fingerprint density at radius 2 is 1.83 bits per heavy atom. The third kappa shape index (κ3) is 6.22. The van der Waals surface area contributed by atoms with E-state index in [1.54, 1.807) is 25.3 Å². The van der Waals surface area contributed by atoms with Crippen molar-refractivity contribution in [2.75, 3.05) is 12.9 Å². The smallest absolute Gasteiger partial charge is 0.250 e. The molecule has 35 heavy (non-hydrogen) atoms. The van der Waals surface area contributed by atoms with Gasteiger partial charge < -0.3 is 4.74 Å². The molecule has 0 unspecified atom stereocenters. The minimum atomic E-state index is -0.291. The van der Waals surface area contributed by atoms with E-state index in [0.29, 0.717) is 26.6 Å². The minimum Gasteiger partial charge on any atom is -0.497 e. The van der Waals surface area contributed by atoms with Crippen molar-refractivity contribution < 1.29 is 9.53 Å². The third-order valence-corrected chi connectivity index (χ3v) is 6.45. The Bertz CT molecular complexity index is 1360. The molecule has 4 aromatic rings. The van der Waals surface area contributed by atoms with Gasteiger partial charge in [-0.05, 0) is 55.5 Å². The van der Waals surface area contributed by atoms with Gasteiger partial charge >= 0.3 is 0 Å². The number of carbonyl (C=O) groups excluding carboxylic acids is 1. The summed E-state index contributed by atoms with van der Waals surface area (Å²) in [5, 5.41) is 14.3. The van der Waals surface area contributed by atoms with E-state index in [-0.39, 0.29) is 11.7 Å². The number of rotatable bonds is 8. The maximum absolute atomic E-state index is 12.4. The van der Waals surface area contributed by atoms with Gasteiger partial charge in [0.25, 0.3) is 5.91 Å². The summed E-state index contributed by atoms with van der Waals surface area (Å²) in [6, 6.07) is 20.6. The lowest BCUT2D eigenvalue weighted by Crippen LogP contribution is -2.20. The van der Waals surface area contributed by atoms with Crippen molar-refractivity contribution in [1.29, 1.82) is 0 Å². The molecule has 0 bridgehead atoms. The van der Waals surface area contributed by atoms with Crippen LogP contribution in [0.3, 0.4) is 0 Å². The fourth-order valence-corrected chi connectivity index (χ4v) is 4.36. The van der Waals surface area contributed by atoms with Crippen LogP contribution in [-0.2, 0) is 4.79 Å². The summed E-state index contributed by atoms with van der Waals surface area (Å²) in [4.78, 5) is 12.4. The molecular formula is C25H21Cl2N5O2S. The zero-order valence-corrected chi connectivity index (χ0v) is 21.2. The number of nitrogens with one attached hydrogen (secondary N) is 1. The van der Waals surface area contributed by atoms with Crippen molar-refractivity contribution >= 4 is 47.1 Å². The first-order chi connectivity index (χ1) is 16.9. The summed E-state index contributed by atoms with van der Waals surface area (Å²) in [7, 11) is 1.62. The summed E-state index contributed by atoms with van der Waals surface area (Å²) in [5.41, 5.74) is 6.06. The highest BCUT2D eigenvalue weighted by Gasteiger charge is 2.17. The molecule has 0 saturated heterocycles. The summed E-state index contributed by atoms with van der Waals surface area (Å²) in [6.45, 7) is 2.03. The molecule has 1 N–H and O–H groups in total. The predicted octanol–water partition coefficient (Wildman–Crippen LogP) is 5.80. The van der Waals surface area contributed by atoms with Crippen LogP contribution in [0.1, 0.15) is 11.1 Å². The second-order valence-electron chi connectivity index (χ2n) is 7.45. The highest BCUT2D eigenvalue weighted by Crippen LogP contribution is 2.29. The van der Waals surface area contributed by atoms with Gasteiger partial charge in [-0.3, -0.25) is 9.36 Å². The first-order valence-electron chi connectivity index (χ1n) is 10.5. The molecule has 3 aromatic carbocycles. The first-order valence-corrected chi connectivity index (χ1v) is 12.3. The number of benzene rings is 3. The second kappa shape index (κ2) is 11.4. The molecule has 0 spiro atoms. The third-order valence-electron chi connectivity index (χ3n) is 4.96. The lowest BCUT2D eigenvalue weighted by Gasteiger charge is -2.11. The molecule has 0 aliphatic carbocycles. The van der Waals surface area contributed by atoms with Crippen LogP contribution in [0.2, 0.25) is 10.0 Å². The van der Waals surface area contributed by atoms with Crippen molar-refractivity contribution in [1.82, 2.24) is 20.2 Å². The van der Waals surface area contributed by atoms with Gasteiger partial charge in [0, 0.05) is 21.8 Å². The number of aryl methyl sites for hydroxylation is 1. The maximum atomic E-state index is 12.4. The number of nitrogens with zero attached hydrogens (tertiary/aromatic N) is 4. The Hall–Kier alpha value is -3.33. The topological polar surface area (TPSA) is 81.4 Å². The molecule has 0 fully saturated rings. The highest BCUT2D eigenvalue weighted by atomic mass is 35.5. The van der Waals surface area contributed by atoms with Crippen LogP contribution in [0, 0.1) is 6.92 Å². The zero-order valence-electron chi connectivity index (χ0n) is 18.9. The normalized spacial score (nSPS) is 11.1. The summed E-state index contributed by atoms with van der Waals surface area (Å²) in [6.07, 6.45) is 1.47. The van der Waals surface area contributed by atoms with Crippen LogP contribution in [0.25, 0.3) is 17.1 Å². The number of carbonyl (C=O) groups is 1. The zero-order chi connectivity index (χ0) is 24.8. The molecule has 4 rings (SSSR count). The number of hydrogen-bond acceptors (Lipinski definition) is 6. The largest absolute Gasteiger partial charge is 0.497 e. The van der Waals surface area contributed by atoms with Crippen molar-refractivity contribution in [3.05, 3.63) is 87.9 Å². The van der Waals surface area contributed by atoms with Crippen molar-refractivity contribution in [3.8, 4) is 22.8 Å². The number of methoxy groups -OCH3 is 1. The summed E-state index contributed by atoms with van der Waals surface area (Å²) in [5.74, 6) is 1.22. The van der Waals surface area contributed by atoms with Crippen LogP contribution < -0.4 is 10.2 Å². The van der Waals surface area contributed by atoms with Crippen LogP contribution in [0.5, 0.6) is 5.75 Å². The molecule has 178 valence electrons. The monoisotopic (exact) mass is 525 g/mol. The van der Waals surface area contributed by atoms with Gasteiger partial charge in [0.05, 0.1) is 24.1 Å². The van der Waals surface area contributed by atoms with E-state index >= 15 is 0 Å². The summed E-state index contributed by atoms with van der Waals surface area (Å²) >= 11 is 13.3. The van der Waals surface area contributed by atoms with E-state index in [1.165, 1.54) is 18.0 Å². The Kier molecular flexibility index (Phi) is 8.07. The van der Waals surface area contributed by atoms with Crippen molar-refractivity contribution in [2.24, 2.45) is 5.10 Å². The van der Waals surface area contributed by atoms with E-state index < -0.39 is 0 Å². The Morgan fingerprint density at radius 3 is 2.51 bits per heavy atom. The van der Waals surface area contributed by atoms with E-state index in [0.717, 1.165) is 22.6 Å². The molecule has 7 nitrogen and oxygen atoms in total. The van der Waals surface area contributed by atoms with Gasteiger partial charge in [-0.15, -0.1) is 10.2 Å². The van der Waals surface area contributed by atoms with Crippen LogP contribution in [-0.4, -0.2) is 39.7 Å². The number of amides is 1. The van der Waals surface area contributed by atoms with Gasteiger partial charge in [-0.2, -0.15) is 5.10 Å². The molecule has 0 aliphatic rings. The predicted molar refractivity (Wildman–Crippen MR) is 141 cm³/mol. The van der Waals surface area contributed by atoms with Crippen molar-refractivity contribution in [3.63, 3.8) is 0 Å². The Morgan fingerprint density at radius 1 is 1.09 bits per heavy atom. The number of hydrazone groups is 1.